The molecule has 33 heavy (non-hydrogen) atoms. The summed E-state index contributed by atoms with van der Waals surface area (Å²) in [7, 11) is 0. The molecule has 7 nitrogen and oxygen atoms in total. The van der Waals surface area contributed by atoms with Gasteiger partial charge in [-0.05, 0) is 51.0 Å². The van der Waals surface area contributed by atoms with Gasteiger partial charge in [-0.1, -0.05) is 40.2 Å². The molecule has 1 aromatic carbocycles. The summed E-state index contributed by atoms with van der Waals surface area (Å²) in [4.78, 5) is 35.7. The van der Waals surface area contributed by atoms with E-state index in [9.17, 15) is 9.59 Å². The van der Waals surface area contributed by atoms with Gasteiger partial charge < -0.3 is 9.88 Å². The average Bonchev–Trinajstić information content (AvgIpc) is 3.26. The monoisotopic (exact) mass is 507 g/mol. The summed E-state index contributed by atoms with van der Waals surface area (Å²) in [6, 6.07) is 11.7. The van der Waals surface area contributed by atoms with Crippen LogP contribution in [-0.4, -0.2) is 37.0 Å². The summed E-state index contributed by atoms with van der Waals surface area (Å²) in [6.45, 7) is 7.86. The lowest BCUT2D eigenvalue weighted by Crippen LogP contribution is -2.38. The number of aromatic nitrogens is 4. The lowest BCUT2D eigenvalue weighted by atomic mass is 10.0. The Kier molecular flexibility index (Phi) is 6.47. The molecular weight excluding hydrogens is 482 g/mol. The molecule has 0 fully saturated rings. The van der Waals surface area contributed by atoms with Crippen molar-refractivity contribution in [3.63, 3.8) is 0 Å². The molecule has 8 heteroatoms. The van der Waals surface area contributed by atoms with Crippen molar-refractivity contribution in [3.05, 3.63) is 80.9 Å². The number of aromatic amines is 2. The molecule has 0 aliphatic rings. The summed E-state index contributed by atoms with van der Waals surface area (Å²) < 4.78 is 0. The minimum atomic E-state index is -0.170. The van der Waals surface area contributed by atoms with Crippen molar-refractivity contribution < 1.29 is 4.79 Å². The highest BCUT2D eigenvalue weighted by Gasteiger charge is 2.24. The second-order valence-corrected chi connectivity index (χ2v) is 9.05. The number of aryl methyl sites for hydroxylation is 2. The molecule has 0 radical (unpaired) electrons. The van der Waals surface area contributed by atoms with Crippen LogP contribution in [0, 0.1) is 13.8 Å². The van der Waals surface area contributed by atoms with E-state index in [0.717, 1.165) is 27.7 Å². The molecule has 3 heterocycles. The zero-order chi connectivity index (χ0) is 23.7. The number of carbonyl (C=O) groups excluding carboxylic acids is 1. The topological polar surface area (TPSA) is 94.7 Å². The summed E-state index contributed by atoms with van der Waals surface area (Å²) in [5.74, 6) is -0.170. The van der Waals surface area contributed by atoms with Gasteiger partial charge in [0.15, 0.2) is 5.65 Å². The number of alkyl halides is 1. The van der Waals surface area contributed by atoms with Crippen LogP contribution in [0.5, 0.6) is 0 Å². The zero-order valence-electron chi connectivity index (χ0n) is 19.1. The maximum absolute atomic E-state index is 13.8. The van der Waals surface area contributed by atoms with Crippen LogP contribution in [0.25, 0.3) is 22.3 Å². The minimum Gasteiger partial charge on any atom is -0.332 e. The number of hydrogen-bond donors (Lipinski definition) is 2. The molecule has 170 valence electrons. The van der Waals surface area contributed by atoms with Crippen LogP contribution in [0.15, 0.2) is 47.4 Å². The molecule has 0 saturated heterocycles. The number of nitrogens with zero attached hydrogens (tertiary/aromatic N) is 3. The van der Waals surface area contributed by atoms with Gasteiger partial charge in [0.05, 0.1) is 29.4 Å². The SMILES string of the molecule is Cc1cc(C)c(CN(C(=O)c2cc(-c3ccc(CBr)cc3)nc3[nH]ncc23)C(C)C)c(=O)[nH]1. The zero-order valence-corrected chi connectivity index (χ0v) is 20.7. The number of rotatable bonds is 6. The van der Waals surface area contributed by atoms with Gasteiger partial charge in [-0.3, -0.25) is 14.7 Å². The lowest BCUT2D eigenvalue weighted by Gasteiger charge is -2.27. The second-order valence-electron chi connectivity index (χ2n) is 8.49. The van der Waals surface area contributed by atoms with E-state index < -0.39 is 0 Å². The van der Waals surface area contributed by atoms with E-state index in [1.165, 1.54) is 0 Å². The van der Waals surface area contributed by atoms with Gasteiger partial charge >= 0.3 is 0 Å². The molecule has 0 aliphatic heterocycles. The fourth-order valence-electron chi connectivity index (χ4n) is 3.91. The van der Waals surface area contributed by atoms with Crippen molar-refractivity contribution >= 4 is 32.9 Å². The van der Waals surface area contributed by atoms with E-state index in [4.69, 9.17) is 0 Å². The van der Waals surface area contributed by atoms with Crippen molar-refractivity contribution in [3.8, 4) is 11.3 Å². The van der Waals surface area contributed by atoms with Crippen molar-refractivity contribution in [2.45, 2.75) is 45.6 Å². The molecule has 0 bridgehead atoms. The smallest absolute Gasteiger partial charge is 0.255 e. The molecule has 0 atom stereocenters. The Morgan fingerprint density at radius 1 is 1.15 bits per heavy atom. The molecule has 1 amide bonds. The fraction of sp³-hybridized carbons (Fsp3) is 0.280. The van der Waals surface area contributed by atoms with E-state index in [1.807, 2.05) is 64.1 Å². The number of nitrogens with one attached hydrogen (secondary N) is 2. The van der Waals surface area contributed by atoms with Gasteiger partial charge in [0.2, 0.25) is 0 Å². The molecule has 0 aliphatic carbocycles. The summed E-state index contributed by atoms with van der Waals surface area (Å²) >= 11 is 3.46. The largest absolute Gasteiger partial charge is 0.332 e. The quantitative estimate of drug-likeness (QED) is 0.363. The third kappa shape index (κ3) is 4.61. The molecule has 0 spiro atoms. The Hall–Kier alpha value is -3.26. The first-order valence-electron chi connectivity index (χ1n) is 10.8. The van der Waals surface area contributed by atoms with Crippen molar-refractivity contribution in [1.82, 2.24) is 25.1 Å². The Balaban J connectivity index is 1.78. The number of pyridine rings is 2. The second kappa shape index (κ2) is 9.31. The molecular formula is C25H26BrN5O2. The third-order valence-electron chi connectivity index (χ3n) is 5.76. The molecule has 4 aromatic rings. The maximum atomic E-state index is 13.8. The number of H-pyrrole nitrogens is 2. The predicted molar refractivity (Wildman–Crippen MR) is 134 cm³/mol. The molecule has 2 N–H and O–H groups in total. The van der Waals surface area contributed by atoms with Gasteiger partial charge in [0, 0.05) is 28.2 Å². The average molecular weight is 508 g/mol. The van der Waals surface area contributed by atoms with Gasteiger partial charge in [0.1, 0.15) is 0 Å². The van der Waals surface area contributed by atoms with Crippen LogP contribution < -0.4 is 5.56 Å². The van der Waals surface area contributed by atoms with Gasteiger partial charge in [-0.15, -0.1) is 0 Å². The fourth-order valence-corrected chi connectivity index (χ4v) is 4.28. The van der Waals surface area contributed by atoms with Crippen LogP contribution in [0.2, 0.25) is 0 Å². The van der Waals surface area contributed by atoms with Crippen LogP contribution >= 0.6 is 15.9 Å². The number of halogens is 1. The van der Waals surface area contributed by atoms with Gasteiger partial charge in [-0.2, -0.15) is 5.10 Å². The lowest BCUT2D eigenvalue weighted by molar-refractivity contribution is 0.0691. The molecule has 4 rings (SSSR count). The highest BCUT2D eigenvalue weighted by atomic mass is 79.9. The van der Waals surface area contributed by atoms with Gasteiger partial charge in [0.25, 0.3) is 11.5 Å². The maximum Gasteiger partial charge on any atom is 0.255 e. The highest BCUT2D eigenvalue weighted by molar-refractivity contribution is 9.08. The van der Waals surface area contributed by atoms with E-state index >= 15 is 0 Å². The Labute approximate surface area is 200 Å². The Bertz CT molecular complexity index is 1370. The highest BCUT2D eigenvalue weighted by Crippen LogP contribution is 2.26. The number of carbonyl (C=O) groups is 1. The Morgan fingerprint density at radius 3 is 2.52 bits per heavy atom. The minimum absolute atomic E-state index is 0.116. The van der Waals surface area contributed by atoms with Crippen LogP contribution in [-0.2, 0) is 11.9 Å². The first-order valence-corrected chi connectivity index (χ1v) is 11.9. The molecule has 0 unspecified atom stereocenters. The van der Waals surface area contributed by atoms with E-state index in [2.05, 4.69) is 36.1 Å². The number of hydrogen-bond acceptors (Lipinski definition) is 4. The van der Waals surface area contributed by atoms with Crippen LogP contribution in [0.4, 0.5) is 0 Å². The van der Waals surface area contributed by atoms with Crippen molar-refractivity contribution in [2.24, 2.45) is 0 Å². The molecule has 3 aromatic heterocycles. The van der Waals surface area contributed by atoms with E-state index in [0.29, 0.717) is 27.9 Å². The number of amides is 1. The van der Waals surface area contributed by atoms with Crippen molar-refractivity contribution in [2.75, 3.05) is 0 Å². The van der Waals surface area contributed by atoms with Crippen LogP contribution in [0.1, 0.15) is 46.6 Å². The first-order chi connectivity index (χ1) is 15.8. The first kappa shape index (κ1) is 22.9. The summed E-state index contributed by atoms with van der Waals surface area (Å²) in [6.07, 6.45) is 1.62. The van der Waals surface area contributed by atoms with E-state index in [-0.39, 0.29) is 24.1 Å². The number of fused-ring (bicyclic) bond motifs is 1. The number of benzene rings is 1. The van der Waals surface area contributed by atoms with Crippen LogP contribution in [0.3, 0.4) is 0 Å². The van der Waals surface area contributed by atoms with E-state index in [1.54, 1.807) is 11.1 Å². The Morgan fingerprint density at radius 2 is 1.88 bits per heavy atom. The summed E-state index contributed by atoms with van der Waals surface area (Å²) in [5, 5.41) is 8.43. The standard InChI is InChI=1S/C25H26BrN5O2/c1-14(2)31(13-21-15(3)9-16(4)28-24(21)32)25(33)19-10-22(29-23-20(19)12-27-30-23)18-7-5-17(11-26)6-8-18/h5-10,12,14H,11,13H2,1-4H3,(H,28,32)(H,27,29,30). The van der Waals surface area contributed by atoms with Gasteiger partial charge in [-0.25, -0.2) is 4.98 Å². The normalized spacial score (nSPS) is 11.3. The van der Waals surface area contributed by atoms with Crippen molar-refractivity contribution in [1.29, 1.82) is 0 Å². The third-order valence-corrected chi connectivity index (χ3v) is 6.41. The molecule has 0 saturated carbocycles. The summed E-state index contributed by atoms with van der Waals surface area (Å²) in [5.41, 5.74) is 5.89. The predicted octanol–water partition coefficient (Wildman–Crippen LogP) is 4.88.